The number of fused-ring (bicyclic) bond motifs is 2. The molecule has 1 saturated carbocycles. The highest BCUT2D eigenvalue weighted by molar-refractivity contribution is 6.31. The molecule has 3 rings (SSSR count). The first-order valence-electron chi connectivity index (χ1n) is 6.70. The zero-order chi connectivity index (χ0) is 11.9. The van der Waals surface area contributed by atoms with Crippen molar-refractivity contribution in [1.82, 2.24) is 0 Å². The van der Waals surface area contributed by atoms with Crippen LogP contribution in [0.15, 0.2) is 18.2 Å². The van der Waals surface area contributed by atoms with Gasteiger partial charge in [0.05, 0.1) is 6.10 Å². The highest BCUT2D eigenvalue weighted by Crippen LogP contribution is 2.49. The molecule has 0 heterocycles. The van der Waals surface area contributed by atoms with Crippen molar-refractivity contribution < 1.29 is 5.11 Å². The van der Waals surface area contributed by atoms with E-state index in [0.29, 0.717) is 0 Å². The van der Waals surface area contributed by atoms with E-state index < -0.39 is 0 Å². The van der Waals surface area contributed by atoms with E-state index in [1.807, 2.05) is 12.1 Å². The smallest absolute Gasteiger partial charge is 0.0640 e. The SMILES string of the molecule is OC1CCc2cccc(Cl)c2C12CCCCC2. The normalized spacial score (nSPS) is 26.8. The molecule has 2 aliphatic carbocycles. The fourth-order valence-corrected chi connectivity index (χ4v) is 4.22. The van der Waals surface area contributed by atoms with Crippen LogP contribution in [0.5, 0.6) is 0 Å². The molecule has 0 amide bonds. The Kier molecular flexibility index (Phi) is 2.92. The molecule has 92 valence electrons. The topological polar surface area (TPSA) is 20.2 Å². The molecule has 0 aliphatic heterocycles. The standard InChI is InChI=1S/C15H19ClO/c16-12-6-4-5-11-7-8-13(17)15(14(11)12)9-2-1-3-10-15/h4-6,13,17H,1-3,7-10H2. The molecule has 1 unspecified atom stereocenters. The van der Waals surface area contributed by atoms with Crippen molar-refractivity contribution in [2.75, 3.05) is 0 Å². The Hall–Kier alpha value is -0.530. The highest BCUT2D eigenvalue weighted by Gasteiger charge is 2.45. The first-order chi connectivity index (χ1) is 8.24. The zero-order valence-corrected chi connectivity index (χ0v) is 10.8. The molecule has 1 fully saturated rings. The first kappa shape index (κ1) is 11.6. The van der Waals surface area contributed by atoms with Gasteiger partial charge in [-0.1, -0.05) is 43.0 Å². The molecule has 1 N–H and O–H groups in total. The Morgan fingerprint density at radius 2 is 1.94 bits per heavy atom. The largest absolute Gasteiger partial charge is 0.392 e. The minimum atomic E-state index is -0.199. The Balaban J connectivity index is 2.15. The van der Waals surface area contributed by atoms with Gasteiger partial charge < -0.3 is 5.11 Å². The fourth-order valence-electron chi connectivity index (χ4n) is 3.84. The lowest BCUT2D eigenvalue weighted by Gasteiger charge is -2.46. The van der Waals surface area contributed by atoms with Gasteiger partial charge in [0.25, 0.3) is 0 Å². The zero-order valence-electron chi connectivity index (χ0n) is 10.1. The maximum Gasteiger partial charge on any atom is 0.0640 e. The number of benzene rings is 1. The quantitative estimate of drug-likeness (QED) is 0.742. The Morgan fingerprint density at radius 1 is 1.18 bits per heavy atom. The van der Waals surface area contributed by atoms with Gasteiger partial charge >= 0.3 is 0 Å². The van der Waals surface area contributed by atoms with E-state index in [0.717, 1.165) is 30.7 Å². The molecule has 1 aromatic rings. The summed E-state index contributed by atoms with van der Waals surface area (Å²) in [6, 6.07) is 6.20. The summed E-state index contributed by atoms with van der Waals surface area (Å²) in [5.41, 5.74) is 2.59. The second-order valence-corrected chi connectivity index (χ2v) is 5.95. The number of aliphatic hydroxyl groups is 1. The summed E-state index contributed by atoms with van der Waals surface area (Å²) in [6.07, 6.45) is 7.62. The van der Waals surface area contributed by atoms with Gasteiger partial charge in [-0.25, -0.2) is 0 Å². The van der Waals surface area contributed by atoms with Gasteiger partial charge in [0, 0.05) is 10.4 Å². The number of hydrogen-bond donors (Lipinski definition) is 1. The van der Waals surface area contributed by atoms with Crippen LogP contribution >= 0.6 is 11.6 Å². The monoisotopic (exact) mass is 250 g/mol. The van der Waals surface area contributed by atoms with E-state index in [9.17, 15) is 5.11 Å². The molecule has 0 saturated heterocycles. The minimum Gasteiger partial charge on any atom is -0.392 e. The Morgan fingerprint density at radius 3 is 2.71 bits per heavy atom. The van der Waals surface area contributed by atoms with Crippen molar-refractivity contribution in [2.45, 2.75) is 56.5 Å². The van der Waals surface area contributed by atoms with E-state index in [1.165, 1.54) is 30.4 Å². The number of hydrogen-bond acceptors (Lipinski definition) is 1. The maximum atomic E-state index is 10.5. The summed E-state index contributed by atoms with van der Waals surface area (Å²) in [6.45, 7) is 0. The lowest BCUT2D eigenvalue weighted by atomic mass is 9.61. The van der Waals surface area contributed by atoms with Crippen LogP contribution in [0.4, 0.5) is 0 Å². The number of halogens is 1. The molecule has 2 heteroatoms. The molecule has 1 aromatic carbocycles. The number of aryl methyl sites for hydroxylation is 1. The summed E-state index contributed by atoms with van der Waals surface area (Å²) >= 11 is 6.42. The molecule has 17 heavy (non-hydrogen) atoms. The summed E-state index contributed by atoms with van der Waals surface area (Å²) in [7, 11) is 0. The predicted octanol–water partition coefficient (Wildman–Crippen LogP) is 3.85. The van der Waals surface area contributed by atoms with E-state index in [4.69, 9.17) is 11.6 Å². The highest BCUT2D eigenvalue weighted by atomic mass is 35.5. The third-order valence-corrected chi connectivity index (χ3v) is 4.98. The van der Waals surface area contributed by atoms with E-state index >= 15 is 0 Å². The van der Waals surface area contributed by atoms with E-state index in [2.05, 4.69) is 6.07 Å². The number of rotatable bonds is 0. The van der Waals surface area contributed by atoms with Crippen LogP contribution < -0.4 is 0 Å². The summed E-state index contributed by atoms with van der Waals surface area (Å²) in [5, 5.41) is 11.4. The van der Waals surface area contributed by atoms with Gasteiger partial charge in [0.1, 0.15) is 0 Å². The lowest BCUT2D eigenvalue weighted by molar-refractivity contribution is 0.0391. The van der Waals surface area contributed by atoms with Gasteiger partial charge in [0.2, 0.25) is 0 Å². The van der Waals surface area contributed by atoms with Gasteiger partial charge in [0.15, 0.2) is 0 Å². The summed E-state index contributed by atoms with van der Waals surface area (Å²) < 4.78 is 0. The van der Waals surface area contributed by atoms with Crippen LogP contribution in [0, 0.1) is 0 Å². The van der Waals surface area contributed by atoms with E-state index in [1.54, 1.807) is 0 Å². The van der Waals surface area contributed by atoms with Crippen LogP contribution in [0.25, 0.3) is 0 Å². The molecular formula is C15H19ClO. The van der Waals surface area contributed by atoms with E-state index in [-0.39, 0.29) is 11.5 Å². The van der Waals surface area contributed by atoms with Gasteiger partial charge in [-0.2, -0.15) is 0 Å². The third-order valence-electron chi connectivity index (χ3n) is 4.67. The van der Waals surface area contributed by atoms with Gasteiger partial charge in [-0.15, -0.1) is 0 Å². The average molecular weight is 251 g/mol. The lowest BCUT2D eigenvalue weighted by Crippen LogP contribution is -2.45. The molecule has 0 radical (unpaired) electrons. The molecule has 2 aliphatic rings. The molecule has 1 atom stereocenters. The van der Waals surface area contributed by atoms with Gasteiger partial charge in [-0.3, -0.25) is 0 Å². The third kappa shape index (κ3) is 1.71. The molecule has 0 bridgehead atoms. The summed E-state index contributed by atoms with van der Waals surface area (Å²) in [5.74, 6) is 0. The van der Waals surface area contributed by atoms with Crippen LogP contribution in [0.2, 0.25) is 5.02 Å². The summed E-state index contributed by atoms with van der Waals surface area (Å²) in [4.78, 5) is 0. The minimum absolute atomic E-state index is 0.0375. The van der Waals surface area contributed by atoms with Crippen molar-refractivity contribution in [1.29, 1.82) is 0 Å². The van der Waals surface area contributed by atoms with Crippen molar-refractivity contribution in [3.05, 3.63) is 34.3 Å². The first-order valence-corrected chi connectivity index (χ1v) is 7.08. The molecular weight excluding hydrogens is 232 g/mol. The molecule has 0 aromatic heterocycles. The van der Waals surface area contributed by atoms with Crippen LogP contribution in [-0.2, 0) is 11.8 Å². The Bertz CT molecular complexity index is 421. The van der Waals surface area contributed by atoms with Crippen molar-refractivity contribution in [3.8, 4) is 0 Å². The van der Waals surface area contributed by atoms with Crippen molar-refractivity contribution >= 4 is 11.6 Å². The van der Waals surface area contributed by atoms with Crippen LogP contribution in [-0.4, -0.2) is 11.2 Å². The molecule has 1 spiro atoms. The second kappa shape index (κ2) is 4.29. The van der Waals surface area contributed by atoms with Crippen LogP contribution in [0.1, 0.15) is 49.7 Å². The van der Waals surface area contributed by atoms with Gasteiger partial charge in [-0.05, 0) is 42.9 Å². The number of aliphatic hydroxyl groups excluding tert-OH is 1. The average Bonchev–Trinajstić information content (AvgIpc) is 2.35. The second-order valence-electron chi connectivity index (χ2n) is 5.55. The van der Waals surface area contributed by atoms with Crippen molar-refractivity contribution in [2.24, 2.45) is 0 Å². The maximum absolute atomic E-state index is 10.5. The fraction of sp³-hybridized carbons (Fsp3) is 0.600. The predicted molar refractivity (Wildman–Crippen MR) is 70.5 cm³/mol. The molecule has 1 nitrogen and oxygen atoms in total. The van der Waals surface area contributed by atoms with Crippen molar-refractivity contribution in [3.63, 3.8) is 0 Å². The Labute approximate surface area is 108 Å². The van der Waals surface area contributed by atoms with Crippen LogP contribution in [0.3, 0.4) is 0 Å².